The Bertz CT molecular complexity index is 824. The van der Waals surface area contributed by atoms with E-state index in [1.165, 1.54) is 0 Å². The van der Waals surface area contributed by atoms with E-state index in [4.69, 9.17) is 4.74 Å². The molecule has 9 nitrogen and oxygen atoms in total. The van der Waals surface area contributed by atoms with Gasteiger partial charge in [0.1, 0.15) is 6.04 Å². The molecule has 0 aromatic carbocycles. The molecule has 0 aliphatic carbocycles. The molecule has 3 N–H and O–H groups in total. The number of nitrogens with one attached hydrogen (secondary N) is 2. The van der Waals surface area contributed by atoms with Crippen LogP contribution in [0.15, 0.2) is 0 Å². The Morgan fingerprint density at radius 2 is 1.89 bits per heavy atom. The highest BCUT2D eigenvalue weighted by atomic mass is 32.2. The van der Waals surface area contributed by atoms with E-state index in [1.54, 1.807) is 16.7 Å². The van der Waals surface area contributed by atoms with Crippen molar-refractivity contribution in [3.8, 4) is 0 Å². The van der Waals surface area contributed by atoms with E-state index in [0.717, 1.165) is 38.9 Å². The van der Waals surface area contributed by atoms with Crippen molar-refractivity contribution in [1.82, 2.24) is 20.4 Å². The first-order chi connectivity index (χ1) is 17.3. The van der Waals surface area contributed by atoms with E-state index in [-0.39, 0.29) is 41.4 Å². The zero-order valence-corrected chi connectivity index (χ0v) is 23.0. The summed E-state index contributed by atoms with van der Waals surface area (Å²) in [5.74, 6) is -1.19. The highest BCUT2D eigenvalue weighted by molar-refractivity contribution is 8.02. The number of fused-ring (bicyclic) bond motifs is 1. The van der Waals surface area contributed by atoms with Gasteiger partial charge in [0.2, 0.25) is 17.7 Å². The van der Waals surface area contributed by atoms with Crippen LogP contribution in [0.4, 0.5) is 0 Å². The maximum Gasteiger partial charge on any atom is 0.244 e. The largest absolute Gasteiger partial charge is 0.394 e. The monoisotopic (exact) mass is 524 g/mol. The summed E-state index contributed by atoms with van der Waals surface area (Å²) in [5.41, 5.74) is 0. The quantitative estimate of drug-likeness (QED) is 0.365. The molecule has 3 unspecified atom stereocenters. The minimum Gasteiger partial charge on any atom is -0.394 e. The molecule has 8 atom stereocenters. The highest BCUT2D eigenvalue weighted by Crippen LogP contribution is 2.68. The van der Waals surface area contributed by atoms with Crippen LogP contribution in [0.5, 0.6) is 0 Å². The average molecular weight is 525 g/mol. The van der Waals surface area contributed by atoms with Gasteiger partial charge in [-0.1, -0.05) is 34.1 Å². The van der Waals surface area contributed by atoms with Gasteiger partial charge in [-0.05, 0) is 24.7 Å². The van der Waals surface area contributed by atoms with Crippen LogP contribution in [0.3, 0.4) is 0 Å². The van der Waals surface area contributed by atoms with Crippen LogP contribution in [-0.2, 0) is 19.1 Å². The third kappa shape index (κ3) is 4.67. The minimum atomic E-state index is -0.695. The lowest BCUT2D eigenvalue weighted by Gasteiger charge is -2.41. The summed E-state index contributed by atoms with van der Waals surface area (Å²) in [6.45, 7) is 12.9. The molecule has 4 fully saturated rings. The molecule has 0 aromatic rings. The molecular formula is C26H44N4O5S. The van der Waals surface area contributed by atoms with Crippen LogP contribution in [0.1, 0.15) is 47.0 Å². The average Bonchev–Trinajstić information content (AvgIpc) is 3.47. The lowest BCUT2D eigenvalue weighted by atomic mass is 9.66. The Labute approximate surface area is 219 Å². The molecule has 0 saturated carbocycles. The lowest BCUT2D eigenvalue weighted by Crippen LogP contribution is -2.60. The Kier molecular flexibility index (Phi) is 8.90. The van der Waals surface area contributed by atoms with Gasteiger partial charge in [-0.2, -0.15) is 0 Å². The molecule has 2 bridgehead atoms. The number of nitrogens with zero attached hydrogens (tertiary/aromatic N) is 2. The van der Waals surface area contributed by atoms with Gasteiger partial charge in [0.25, 0.3) is 0 Å². The van der Waals surface area contributed by atoms with Crippen molar-refractivity contribution in [2.75, 3.05) is 52.5 Å². The standard InChI is InChI=1S/C26H44N4O5S/c1-5-7-27-23(32)20-19-14-17(4)26(36-19)21(20)25(34)30(18(15-31)16(3)6-2)22(26)24(33)28-8-9-29-10-12-35-13-11-29/h16-22,31H,5-15H2,1-4H3,(H,27,32)(H,28,33)/t16-,17?,18-,19+,20-,21-,22?,26?/m0/s1. The fourth-order valence-electron chi connectivity index (χ4n) is 6.86. The van der Waals surface area contributed by atoms with Crippen LogP contribution in [0.2, 0.25) is 0 Å². The summed E-state index contributed by atoms with van der Waals surface area (Å²) in [6.07, 6.45) is 2.43. The molecule has 4 rings (SSSR count). The number of likely N-dealkylation sites (tertiary alicyclic amines) is 1. The first-order valence-corrected chi connectivity index (χ1v) is 14.7. The maximum atomic E-state index is 14.2. The van der Waals surface area contributed by atoms with E-state index in [2.05, 4.69) is 22.5 Å². The Balaban J connectivity index is 1.63. The highest BCUT2D eigenvalue weighted by Gasteiger charge is 2.76. The number of aliphatic hydroxyl groups is 1. The van der Waals surface area contributed by atoms with Gasteiger partial charge in [-0.15, -0.1) is 11.8 Å². The molecule has 0 radical (unpaired) electrons. The van der Waals surface area contributed by atoms with Gasteiger partial charge in [-0.3, -0.25) is 19.3 Å². The van der Waals surface area contributed by atoms with E-state index >= 15 is 0 Å². The predicted molar refractivity (Wildman–Crippen MR) is 139 cm³/mol. The van der Waals surface area contributed by atoms with E-state index < -0.39 is 28.7 Å². The van der Waals surface area contributed by atoms with Crippen LogP contribution < -0.4 is 10.6 Å². The number of hydrogen-bond acceptors (Lipinski definition) is 7. The second kappa shape index (κ2) is 11.6. The van der Waals surface area contributed by atoms with Crippen molar-refractivity contribution in [1.29, 1.82) is 0 Å². The number of carbonyl (C=O) groups is 3. The number of ether oxygens (including phenoxy) is 1. The third-order valence-corrected chi connectivity index (χ3v) is 11.0. The number of morpholine rings is 1. The first kappa shape index (κ1) is 27.7. The van der Waals surface area contributed by atoms with Gasteiger partial charge >= 0.3 is 0 Å². The Hall–Kier alpha value is -1.36. The van der Waals surface area contributed by atoms with Crippen molar-refractivity contribution in [3.63, 3.8) is 0 Å². The summed E-state index contributed by atoms with van der Waals surface area (Å²) in [6, 6.07) is -1.15. The second-order valence-electron chi connectivity index (χ2n) is 11.0. The summed E-state index contributed by atoms with van der Waals surface area (Å²) >= 11 is 1.69. The number of aliphatic hydroxyl groups excluding tert-OH is 1. The number of thioether (sulfide) groups is 1. The zero-order chi connectivity index (χ0) is 26.0. The van der Waals surface area contributed by atoms with Crippen molar-refractivity contribution >= 4 is 29.5 Å². The predicted octanol–water partition coefficient (Wildman–Crippen LogP) is 0.705. The van der Waals surface area contributed by atoms with Gasteiger partial charge < -0.3 is 25.4 Å². The SMILES string of the molecule is CCCNC(=O)[C@@H]1[C@H]2C(=O)N([C@@H](CO)[C@@H](C)CC)C(C(=O)NCCN3CCOCC3)C23S[C@@H]1CC3C. The molecule has 204 valence electrons. The Morgan fingerprint density at radius 1 is 1.19 bits per heavy atom. The van der Waals surface area contributed by atoms with E-state index in [0.29, 0.717) is 26.3 Å². The number of carbonyl (C=O) groups excluding carboxylic acids is 3. The van der Waals surface area contributed by atoms with Gasteiger partial charge in [-0.25, -0.2) is 0 Å². The number of rotatable bonds is 11. The fourth-order valence-corrected chi connectivity index (χ4v) is 9.26. The van der Waals surface area contributed by atoms with E-state index in [9.17, 15) is 19.5 Å². The smallest absolute Gasteiger partial charge is 0.244 e. The van der Waals surface area contributed by atoms with Crippen molar-refractivity contribution in [2.24, 2.45) is 23.7 Å². The molecule has 4 aliphatic heterocycles. The summed E-state index contributed by atoms with van der Waals surface area (Å²) < 4.78 is 4.77. The molecule has 4 heterocycles. The zero-order valence-electron chi connectivity index (χ0n) is 22.2. The van der Waals surface area contributed by atoms with Crippen molar-refractivity contribution in [3.05, 3.63) is 0 Å². The molecule has 4 saturated heterocycles. The molecule has 0 aromatic heterocycles. The topological polar surface area (TPSA) is 111 Å². The van der Waals surface area contributed by atoms with Gasteiger partial charge in [0.05, 0.1) is 42.4 Å². The Morgan fingerprint density at radius 3 is 2.53 bits per heavy atom. The van der Waals surface area contributed by atoms with Gasteiger partial charge in [0, 0.05) is 38.0 Å². The van der Waals surface area contributed by atoms with E-state index in [1.807, 2.05) is 20.8 Å². The molecule has 4 aliphatic rings. The fraction of sp³-hybridized carbons (Fsp3) is 0.885. The molecular weight excluding hydrogens is 480 g/mol. The van der Waals surface area contributed by atoms with Crippen molar-refractivity contribution in [2.45, 2.75) is 69.0 Å². The van der Waals surface area contributed by atoms with Crippen molar-refractivity contribution < 1.29 is 24.2 Å². The molecule has 1 spiro atoms. The third-order valence-electron chi connectivity index (χ3n) is 8.96. The second-order valence-corrected chi connectivity index (χ2v) is 12.5. The molecule has 3 amide bonds. The maximum absolute atomic E-state index is 14.2. The molecule has 36 heavy (non-hydrogen) atoms. The van der Waals surface area contributed by atoms with Gasteiger partial charge in [0.15, 0.2) is 0 Å². The lowest BCUT2D eigenvalue weighted by molar-refractivity contribution is -0.144. The summed E-state index contributed by atoms with van der Waals surface area (Å²) in [4.78, 5) is 45.4. The first-order valence-electron chi connectivity index (χ1n) is 13.8. The van der Waals surface area contributed by atoms with Crippen LogP contribution in [0, 0.1) is 23.7 Å². The van der Waals surface area contributed by atoms with Crippen LogP contribution >= 0.6 is 11.8 Å². The van der Waals surface area contributed by atoms with Crippen LogP contribution in [0.25, 0.3) is 0 Å². The molecule has 10 heteroatoms. The minimum absolute atomic E-state index is 0.0303. The van der Waals surface area contributed by atoms with Crippen LogP contribution in [-0.4, -0.2) is 107 Å². The summed E-state index contributed by atoms with van der Waals surface area (Å²) in [5, 5.41) is 16.6. The number of amides is 3. The summed E-state index contributed by atoms with van der Waals surface area (Å²) in [7, 11) is 0. The number of hydrogen-bond donors (Lipinski definition) is 3. The normalized spacial score (nSPS) is 35.5.